The Balaban J connectivity index is 1.27. The fraction of sp³-hybridized carbons (Fsp3) is 0.300. The molecule has 2 heterocycles. The van der Waals surface area contributed by atoms with E-state index >= 15 is 0 Å². The van der Waals surface area contributed by atoms with Gasteiger partial charge in [0.15, 0.2) is 0 Å². The van der Waals surface area contributed by atoms with Crippen molar-refractivity contribution < 1.29 is 13.2 Å². The molecule has 3 aromatic carbocycles. The highest BCUT2D eigenvalue weighted by atomic mass is 32.2. The molecule has 8 nitrogen and oxygen atoms in total. The van der Waals surface area contributed by atoms with Crippen molar-refractivity contribution in [3.63, 3.8) is 0 Å². The molecular weight excluding hydrogens is 510 g/mol. The fourth-order valence-electron chi connectivity index (χ4n) is 4.97. The standard InChI is InChI=1S/C30H35N5O3S/c1-22-9-13-26(14-10-22)35-20-19-34(21-23(35)2)39(36,37)31-18-17-28-29(24-11-15-27(38-3)16-12-24)33-30(32-28)25-7-5-4-6-8-25/h4-16,23,31H,17-21H2,1-3H3,(H,32,33). The third kappa shape index (κ3) is 6.16. The van der Waals surface area contributed by atoms with Gasteiger partial charge in [-0.3, -0.25) is 0 Å². The molecule has 1 aromatic heterocycles. The van der Waals surface area contributed by atoms with Crippen molar-refractivity contribution in [2.45, 2.75) is 26.3 Å². The van der Waals surface area contributed by atoms with E-state index in [4.69, 9.17) is 9.72 Å². The van der Waals surface area contributed by atoms with Crippen molar-refractivity contribution in [2.75, 3.05) is 38.2 Å². The van der Waals surface area contributed by atoms with E-state index in [1.165, 1.54) is 5.56 Å². The second-order valence-electron chi connectivity index (χ2n) is 9.89. The number of aromatic amines is 1. The lowest BCUT2D eigenvalue weighted by atomic mass is 10.1. The first-order valence-corrected chi connectivity index (χ1v) is 14.6. The van der Waals surface area contributed by atoms with E-state index in [9.17, 15) is 8.42 Å². The van der Waals surface area contributed by atoms with Crippen LogP contribution in [0.3, 0.4) is 0 Å². The zero-order valence-corrected chi connectivity index (χ0v) is 23.4. The summed E-state index contributed by atoms with van der Waals surface area (Å²) in [6, 6.07) is 26.1. The fourth-order valence-corrected chi connectivity index (χ4v) is 6.25. The minimum Gasteiger partial charge on any atom is -0.497 e. The van der Waals surface area contributed by atoms with E-state index in [-0.39, 0.29) is 12.6 Å². The second kappa shape index (κ2) is 11.6. The van der Waals surface area contributed by atoms with Gasteiger partial charge in [-0.05, 0) is 50.2 Å². The number of ether oxygens (including phenoxy) is 1. The van der Waals surface area contributed by atoms with Crippen molar-refractivity contribution in [1.29, 1.82) is 0 Å². The highest BCUT2D eigenvalue weighted by Gasteiger charge is 2.31. The number of piperazine rings is 1. The zero-order chi connectivity index (χ0) is 27.4. The maximum absolute atomic E-state index is 13.2. The zero-order valence-electron chi connectivity index (χ0n) is 22.6. The maximum Gasteiger partial charge on any atom is 0.279 e. The van der Waals surface area contributed by atoms with Crippen molar-refractivity contribution in [2.24, 2.45) is 0 Å². The van der Waals surface area contributed by atoms with Crippen LogP contribution in [0.4, 0.5) is 5.69 Å². The van der Waals surface area contributed by atoms with Crippen molar-refractivity contribution in [3.8, 4) is 28.4 Å². The average Bonchev–Trinajstić information content (AvgIpc) is 3.38. The number of aromatic nitrogens is 2. The molecule has 39 heavy (non-hydrogen) atoms. The quantitative estimate of drug-likeness (QED) is 0.320. The Hall–Kier alpha value is -3.66. The predicted octanol–water partition coefficient (Wildman–Crippen LogP) is 4.65. The Morgan fingerprint density at radius 1 is 0.974 bits per heavy atom. The molecule has 0 saturated carbocycles. The molecule has 1 aliphatic rings. The van der Waals surface area contributed by atoms with Crippen LogP contribution in [0.25, 0.3) is 22.6 Å². The van der Waals surface area contributed by atoms with E-state index in [2.05, 4.69) is 52.7 Å². The minimum absolute atomic E-state index is 0.0690. The number of aryl methyl sites for hydroxylation is 1. The number of hydrogen-bond acceptors (Lipinski definition) is 5. The monoisotopic (exact) mass is 545 g/mol. The molecule has 0 amide bonds. The number of anilines is 1. The number of H-pyrrole nitrogens is 1. The Kier molecular flexibility index (Phi) is 8.02. The molecule has 1 fully saturated rings. The van der Waals surface area contributed by atoms with Gasteiger partial charge in [-0.2, -0.15) is 12.7 Å². The van der Waals surface area contributed by atoms with Gasteiger partial charge in [-0.15, -0.1) is 0 Å². The van der Waals surface area contributed by atoms with Crippen LogP contribution in [-0.4, -0.2) is 62.0 Å². The van der Waals surface area contributed by atoms with Crippen molar-refractivity contribution >= 4 is 15.9 Å². The molecule has 204 valence electrons. The lowest BCUT2D eigenvalue weighted by Crippen LogP contribution is -2.56. The molecule has 1 unspecified atom stereocenters. The highest BCUT2D eigenvalue weighted by molar-refractivity contribution is 7.87. The van der Waals surface area contributed by atoms with E-state index in [1.54, 1.807) is 11.4 Å². The smallest absolute Gasteiger partial charge is 0.279 e. The Labute approximate surface area is 230 Å². The molecule has 5 rings (SSSR count). The van der Waals surface area contributed by atoms with Crippen LogP contribution >= 0.6 is 0 Å². The lowest BCUT2D eigenvalue weighted by Gasteiger charge is -2.40. The Morgan fingerprint density at radius 2 is 1.69 bits per heavy atom. The molecule has 1 aliphatic heterocycles. The number of rotatable bonds is 9. The van der Waals surface area contributed by atoms with Crippen LogP contribution < -0.4 is 14.4 Å². The molecular formula is C30H35N5O3S. The minimum atomic E-state index is -3.63. The first-order chi connectivity index (χ1) is 18.8. The number of benzene rings is 3. The summed E-state index contributed by atoms with van der Waals surface area (Å²) in [7, 11) is -1.99. The van der Waals surface area contributed by atoms with E-state index in [0.29, 0.717) is 26.1 Å². The summed E-state index contributed by atoms with van der Waals surface area (Å²) < 4.78 is 36.1. The normalized spacial score (nSPS) is 16.4. The summed E-state index contributed by atoms with van der Waals surface area (Å²) in [6.45, 7) is 5.89. The molecule has 0 bridgehead atoms. The van der Waals surface area contributed by atoms with Gasteiger partial charge in [0.1, 0.15) is 11.6 Å². The van der Waals surface area contributed by atoms with Gasteiger partial charge in [0.25, 0.3) is 10.2 Å². The van der Waals surface area contributed by atoms with Gasteiger partial charge >= 0.3 is 0 Å². The van der Waals surface area contributed by atoms with Crippen LogP contribution in [0.1, 0.15) is 18.2 Å². The van der Waals surface area contributed by atoms with Crippen LogP contribution in [0.2, 0.25) is 0 Å². The van der Waals surface area contributed by atoms with Crippen LogP contribution in [0, 0.1) is 6.92 Å². The van der Waals surface area contributed by atoms with Gasteiger partial charge in [-0.1, -0.05) is 48.0 Å². The first-order valence-electron chi connectivity index (χ1n) is 13.2. The summed E-state index contributed by atoms with van der Waals surface area (Å²) in [5.74, 6) is 1.52. The predicted molar refractivity (Wildman–Crippen MR) is 156 cm³/mol. The summed E-state index contributed by atoms with van der Waals surface area (Å²) in [5, 5.41) is 0. The highest BCUT2D eigenvalue weighted by Crippen LogP contribution is 2.28. The second-order valence-corrected chi connectivity index (χ2v) is 11.6. The van der Waals surface area contributed by atoms with Crippen molar-refractivity contribution in [1.82, 2.24) is 19.0 Å². The number of imidazole rings is 1. The van der Waals surface area contributed by atoms with E-state index in [1.807, 2.05) is 54.6 Å². The van der Waals surface area contributed by atoms with Gasteiger partial charge in [0, 0.05) is 55.5 Å². The lowest BCUT2D eigenvalue weighted by molar-refractivity contribution is 0.338. The van der Waals surface area contributed by atoms with Crippen LogP contribution in [-0.2, 0) is 16.6 Å². The summed E-state index contributed by atoms with van der Waals surface area (Å²) >= 11 is 0. The third-order valence-corrected chi connectivity index (χ3v) is 8.73. The molecule has 9 heteroatoms. The maximum atomic E-state index is 13.2. The van der Waals surface area contributed by atoms with Crippen LogP contribution in [0.5, 0.6) is 5.75 Å². The molecule has 1 saturated heterocycles. The number of methoxy groups -OCH3 is 1. The summed E-state index contributed by atoms with van der Waals surface area (Å²) in [5.41, 5.74) is 5.94. The molecule has 4 aromatic rings. The number of nitrogens with one attached hydrogen (secondary N) is 2. The van der Waals surface area contributed by atoms with Crippen LogP contribution in [0.15, 0.2) is 78.9 Å². The molecule has 0 aliphatic carbocycles. The largest absolute Gasteiger partial charge is 0.497 e. The van der Waals surface area contributed by atoms with Gasteiger partial charge in [0.2, 0.25) is 0 Å². The Morgan fingerprint density at radius 3 is 2.36 bits per heavy atom. The summed E-state index contributed by atoms with van der Waals surface area (Å²) in [6.07, 6.45) is 0.447. The van der Waals surface area contributed by atoms with E-state index in [0.717, 1.165) is 39.8 Å². The van der Waals surface area contributed by atoms with E-state index < -0.39 is 10.2 Å². The number of nitrogens with zero attached hydrogens (tertiary/aromatic N) is 3. The third-order valence-electron chi connectivity index (χ3n) is 7.15. The number of hydrogen-bond donors (Lipinski definition) is 2. The first kappa shape index (κ1) is 26.9. The SMILES string of the molecule is COc1ccc(-c2[nH]c(-c3ccccc3)nc2CCNS(=O)(=O)N2CCN(c3ccc(C)cc3)C(C)C2)cc1. The van der Waals surface area contributed by atoms with Gasteiger partial charge in [-0.25, -0.2) is 9.71 Å². The molecule has 0 radical (unpaired) electrons. The Bertz CT molecular complexity index is 1490. The van der Waals surface area contributed by atoms with Gasteiger partial charge < -0.3 is 14.6 Å². The molecule has 1 atom stereocenters. The molecule has 2 N–H and O–H groups in total. The topological polar surface area (TPSA) is 90.6 Å². The molecule has 0 spiro atoms. The average molecular weight is 546 g/mol. The van der Waals surface area contributed by atoms with Crippen molar-refractivity contribution in [3.05, 3.63) is 90.1 Å². The summed E-state index contributed by atoms with van der Waals surface area (Å²) in [4.78, 5) is 10.6. The van der Waals surface area contributed by atoms with Gasteiger partial charge in [0.05, 0.1) is 18.5 Å².